The van der Waals surface area contributed by atoms with Crippen molar-refractivity contribution in [1.29, 1.82) is 0 Å². The standard InChI is InChI=1S/C17H16FN3O3/c1-11(10-16(23)19-13-8-6-12(18)7-9-13)20-21-17(24)14-4-2-3-5-15(14)22/h2-9,22H,10H2,1H3,(H,19,23)(H,21,24). The molecule has 0 fully saturated rings. The molecule has 0 spiro atoms. The van der Waals surface area contributed by atoms with Gasteiger partial charge < -0.3 is 10.4 Å². The van der Waals surface area contributed by atoms with E-state index in [0.29, 0.717) is 11.4 Å². The lowest BCUT2D eigenvalue weighted by Crippen LogP contribution is -2.21. The molecule has 7 heteroatoms. The maximum absolute atomic E-state index is 12.8. The van der Waals surface area contributed by atoms with Gasteiger partial charge in [-0.05, 0) is 43.3 Å². The predicted octanol–water partition coefficient (Wildman–Crippen LogP) is 2.67. The number of hydrogen-bond donors (Lipinski definition) is 3. The Hall–Kier alpha value is -3.22. The Balaban J connectivity index is 1.89. The topological polar surface area (TPSA) is 90.8 Å². The Labute approximate surface area is 138 Å². The average molecular weight is 329 g/mol. The molecule has 0 unspecified atom stereocenters. The molecule has 0 bridgehead atoms. The van der Waals surface area contributed by atoms with Crippen LogP contribution in [0.4, 0.5) is 10.1 Å². The Bertz CT molecular complexity index is 773. The van der Waals surface area contributed by atoms with E-state index in [4.69, 9.17) is 0 Å². The third-order valence-corrected chi connectivity index (χ3v) is 3.04. The number of benzene rings is 2. The van der Waals surface area contributed by atoms with Crippen molar-refractivity contribution in [3.8, 4) is 5.75 Å². The van der Waals surface area contributed by atoms with Crippen LogP contribution >= 0.6 is 0 Å². The second-order valence-corrected chi connectivity index (χ2v) is 5.04. The minimum Gasteiger partial charge on any atom is -0.507 e. The number of hydrazone groups is 1. The highest BCUT2D eigenvalue weighted by Crippen LogP contribution is 2.15. The van der Waals surface area contributed by atoms with Gasteiger partial charge in [0.05, 0.1) is 12.0 Å². The van der Waals surface area contributed by atoms with Gasteiger partial charge in [-0.15, -0.1) is 0 Å². The summed E-state index contributed by atoms with van der Waals surface area (Å²) in [6.07, 6.45) is -0.0432. The van der Waals surface area contributed by atoms with Gasteiger partial charge in [-0.1, -0.05) is 12.1 Å². The van der Waals surface area contributed by atoms with E-state index in [1.165, 1.54) is 36.4 Å². The molecule has 0 heterocycles. The smallest absolute Gasteiger partial charge is 0.275 e. The molecule has 0 saturated heterocycles. The maximum Gasteiger partial charge on any atom is 0.275 e. The third kappa shape index (κ3) is 4.91. The van der Waals surface area contributed by atoms with Crippen LogP contribution in [0.3, 0.4) is 0 Å². The summed E-state index contributed by atoms with van der Waals surface area (Å²) in [4.78, 5) is 23.7. The Morgan fingerprint density at radius 2 is 1.79 bits per heavy atom. The molecule has 0 atom stereocenters. The number of anilines is 1. The number of hydrogen-bond acceptors (Lipinski definition) is 4. The van der Waals surface area contributed by atoms with E-state index < -0.39 is 11.7 Å². The lowest BCUT2D eigenvalue weighted by Gasteiger charge is -2.06. The van der Waals surface area contributed by atoms with Gasteiger partial charge in [0.25, 0.3) is 5.91 Å². The monoisotopic (exact) mass is 329 g/mol. The SMILES string of the molecule is CC(CC(=O)Nc1ccc(F)cc1)=NNC(=O)c1ccccc1O. The molecule has 0 radical (unpaired) electrons. The van der Waals surface area contributed by atoms with E-state index in [-0.39, 0.29) is 23.6 Å². The minimum atomic E-state index is -0.577. The zero-order chi connectivity index (χ0) is 17.5. The number of aromatic hydroxyl groups is 1. The van der Waals surface area contributed by atoms with Crippen LogP contribution in [-0.2, 0) is 4.79 Å². The fraction of sp³-hybridized carbons (Fsp3) is 0.118. The summed E-state index contributed by atoms with van der Waals surface area (Å²) in [6.45, 7) is 1.58. The normalized spacial score (nSPS) is 11.0. The summed E-state index contributed by atoms with van der Waals surface area (Å²) in [5, 5.41) is 16.0. The van der Waals surface area contributed by atoms with Crippen LogP contribution in [0.5, 0.6) is 5.75 Å². The molecule has 6 nitrogen and oxygen atoms in total. The molecule has 0 aliphatic carbocycles. The molecule has 0 saturated carbocycles. The molecule has 2 aromatic carbocycles. The molecule has 0 aliphatic heterocycles. The fourth-order valence-electron chi connectivity index (χ4n) is 1.88. The van der Waals surface area contributed by atoms with Gasteiger partial charge in [-0.2, -0.15) is 5.10 Å². The van der Waals surface area contributed by atoms with E-state index in [9.17, 15) is 19.1 Å². The van der Waals surface area contributed by atoms with Gasteiger partial charge >= 0.3 is 0 Å². The molecular weight excluding hydrogens is 313 g/mol. The maximum atomic E-state index is 12.8. The van der Waals surface area contributed by atoms with Crippen molar-refractivity contribution in [2.24, 2.45) is 5.10 Å². The molecule has 2 rings (SSSR count). The van der Waals surface area contributed by atoms with Gasteiger partial charge in [0.1, 0.15) is 11.6 Å². The van der Waals surface area contributed by atoms with Gasteiger partial charge in [-0.3, -0.25) is 9.59 Å². The average Bonchev–Trinajstić information content (AvgIpc) is 2.55. The first-order valence-electron chi connectivity index (χ1n) is 7.12. The van der Waals surface area contributed by atoms with Gasteiger partial charge in [0, 0.05) is 11.4 Å². The molecule has 2 amide bonds. The summed E-state index contributed by atoms with van der Waals surface area (Å²) in [6, 6.07) is 11.4. The van der Waals surface area contributed by atoms with Crippen LogP contribution < -0.4 is 10.7 Å². The van der Waals surface area contributed by atoms with Crippen LogP contribution in [0.2, 0.25) is 0 Å². The molecular formula is C17H16FN3O3. The number of rotatable bonds is 5. The molecule has 24 heavy (non-hydrogen) atoms. The van der Waals surface area contributed by atoms with E-state index in [1.54, 1.807) is 19.1 Å². The minimum absolute atomic E-state index is 0.0432. The second-order valence-electron chi connectivity index (χ2n) is 5.04. The fourth-order valence-corrected chi connectivity index (χ4v) is 1.88. The molecule has 2 aromatic rings. The van der Waals surface area contributed by atoms with Crippen molar-refractivity contribution in [1.82, 2.24) is 5.43 Å². The van der Waals surface area contributed by atoms with Crippen LogP contribution in [-0.4, -0.2) is 22.6 Å². The lowest BCUT2D eigenvalue weighted by molar-refractivity contribution is -0.115. The first-order valence-corrected chi connectivity index (χ1v) is 7.12. The molecule has 0 aromatic heterocycles. The van der Waals surface area contributed by atoms with E-state index in [1.807, 2.05) is 0 Å². The van der Waals surface area contributed by atoms with Crippen molar-refractivity contribution in [2.45, 2.75) is 13.3 Å². The van der Waals surface area contributed by atoms with Crippen molar-refractivity contribution >= 4 is 23.2 Å². The Morgan fingerprint density at radius 1 is 1.12 bits per heavy atom. The zero-order valence-corrected chi connectivity index (χ0v) is 12.9. The lowest BCUT2D eigenvalue weighted by atomic mass is 10.2. The van der Waals surface area contributed by atoms with Crippen molar-refractivity contribution in [3.05, 3.63) is 59.9 Å². The summed E-state index contributed by atoms with van der Waals surface area (Å²) in [7, 11) is 0. The number of carbonyl (C=O) groups excluding carboxylic acids is 2. The van der Waals surface area contributed by atoms with Crippen LogP contribution in [0.1, 0.15) is 23.7 Å². The van der Waals surface area contributed by atoms with E-state index in [0.717, 1.165) is 0 Å². The van der Waals surface area contributed by atoms with Gasteiger partial charge in [-0.25, -0.2) is 9.82 Å². The number of amides is 2. The Morgan fingerprint density at radius 3 is 2.46 bits per heavy atom. The van der Waals surface area contributed by atoms with Crippen LogP contribution in [0.25, 0.3) is 0 Å². The molecule has 124 valence electrons. The second kappa shape index (κ2) is 7.87. The highest BCUT2D eigenvalue weighted by atomic mass is 19.1. The molecule has 3 N–H and O–H groups in total. The van der Waals surface area contributed by atoms with Crippen LogP contribution in [0, 0.1) is 5.82 Å². The quantitative estimate of drug-likeness (QED) is 0.582. The van der Waals surface area contributed by atoms with E-state index >= 15 is 0 Å². The Kier molecular flexibility index (Phi) is 5.62. The largest absolute Gasteiger partial charge is 0.507 e. The summed E-state index contributed by atoms with van der Waals surface area (Å²) < 4.78 is 12.8. The number of para-hydroxylation sites is 1. The van der Waals surface area contributed by atoms with Gasteiger partial charge in [0.2, 0.25) is 5.91 Å². The first-order chi connectivity index (χ1) is 11.5. The number of nitrogens with zero attached hydrogens (tertiary/aromatic N) is 1. The summed E-state index contributed by atoms with van der Waals surface area (Å²) in [5.41, 5.74) is 3.20. The summed E-state index contributed by atoms with van der Waals surface area (Å²) in [5.74, 6) is -1.47. The van der Waals surface area contributed by atoms with Crippen molar-refractivity contribution in [3.63, 3.8) is 0 Å². The highest BCUT2D eigenvalue weighted by Gasteiger charge is 2.10. The van der Waals surface area contributed by atoms with Crippen LogP contribution in [0.15, 0.2) is 53.6 Å². The van der Waals surface area contributed by atoms with E-state index in [2.05, 4.69) is 15.8 Å². The molecule has 0 aliphatic rings. The van der Waals surface area contributed by atoms with Gasteiger partial charge in [0.15, 0.2) is 0 Å². The number of carbonyl (C=O) groups is 2. The summed E-state index contributed by atoms with van der Waals surface area (Å²) >= 11 is 0. The predicted molar refractivity (Wildman–Crippen MR) is 88.3 cm³/mol. The number of nitrogens with one attached hydrogen (secondary N) is 2. The number of halogens is 1. The number of phenolic OH excluding ortho intramolecular Hbond substituents is 1. The number of phenols is 1. The van der Waals surface area contributed by atoms with Crippen molar-refractivity contribution < 1.29 is 19.1 Å². The zero-order valence-electron chi connectivity index (χ0n) is 12.9. The third-order valence-electron chi connectivity index (χ3n) is 3.04. The first kappa shape index (κ1) is 17.1. The highest BCUT2D eigenvalue weighted by molar-refractivity contribution is 6.06. The van der Waals surface area contributed by atoms with Crippen molar-refractivity contribution in [2.75, 3.05) is 5.32 Å².